The monoisotopic (exact) mass is 266 g/mol. The molecule has 2 aliphatic heterocycles. The average Bonchev–Trinajstić information content (AvgIpc) is 2.67. The zero-order valence-electron chi connectivity index (χ0n) is 11.2. The lowest BCUT2D eigenvalue weighted by Gasteiger charge is -2.30. The molecule has 4 heteroatoms. The number of hydrogen-bond donors (Lipinski definition) is 1. The molecule has 3 unspecified atom stereocenters. The van der Waals surface area contributed by atoms with Crippen molar-refractivity contribution >= 4 is 0 Å². The molecule has 2 aliphatic rings. The van der Waals surface area contributed by atoms with E-state index in [9.17, 15) is 8.78 Å². The van der Waals surface area contributed by atoms with E-state index in [0.717, 1.165) is 31.1 Å². The summed E-state index contributed by atoms with van der Waals surface area (Å²) in [6.07, 6.45) is 3.60. The Morgan fingerprint density at radius 2 is 1.79 bits per heavy atom. The van der Waals surface area contributed by atoms with Crippen molar-refractivity contribution in [1.29, 1.82) is 0 Å². The number of rotatable bonds is 2. The molecular formula is C15H20F2N2. The van der Waals surface area contributed by atoms with Crippen molar-refractivity contribution in [3.63, 3.8) is 0 Å². The summed E-state index contributed by atoms with van der Waals surface area (Å²) in [5.41, 5.74) is 0.732. The second-order valence-corrected chi connectivity index (χ2v) is 5.80. The van der Waals surface area contributed by atoms with Gasteiger partial charge in [-0.2, -0.15) is 0 Å². The lowest BCUT2D eigenvalue weighted by molar-refractivity contribution is 0.199. The minimum Gasteiger partial charge on any atom is -0.310 e. The molecule has 19 heavy (non-hydrogen) atoms. The van der Waals surface area contributed by atoms with Gasteiger partial charge in [-0.15, -0.1) is 0 Å². The van der Waals surface area contributed by atoms with Crippen LogP contribution in [0.25, 0.3) is 0 Å². The molecule has 2 heterocycles. The Bertz CT molecular complexity index is 443. The molecule has 0 saturated carbocycles. The van der Waals surface area contributed by atoms with Crippen LogP contribution in [0.3, 0.4) is 0 Å². The van der Waals surface area contributed by atoms with Gasteiger partial charge in [0.05, 0.1) is 0 Å². The molecule has 0 aliphatic carbocycles. The fraction of sp³-hybridized carbons (Fsp3) is 0.600. The van der Waals surface area contributed by atoms with Crippen molar-refractivity contribution in [2.45, 2.75) is 44.3 Å². The highest BCUT2D eigenvalue weighted by atomic mass is 19.1. The first kappa shape index (κ1) is 13.0. The number of benzene rings is 1. The van der Waals surface area contributed by atoms with Crippen LogP contribution in [0.2, 0.25) is 0 Å². The molecule has 0 amide bonds. The fourth-order valence-electron chi connectivity index (χ4n) is 3.35. The Labute approximate surface area is 112 Å². The van der Waals surface area contributed by atoms with E-state index in [1.165, 1.54) is 25.0 Å². The van der Waals surface area contributed by atoms with E-state index in [1.54, 1.807) is 0 Å². The quantitative estimate of drug-likeness (QED) is 0.885. The fourth-order valence-corrected chi connectivity index (χ4v) is 3.35. The van der Waals surface area contributed by atoms with Crippen LogP contribution < -0.4 is 5.32 Å². The number of halogens is 2. The summed E-state index contributed by atoms with van der Waals surface area (Å²) in [4.78, 5) is 2.34. The van der Waals surface area contributed by atoms with E-state index < -0.39 is 11.6 Å². The molecule has 0 spiro atoms. The smallest absolute Gasteiger partial charge is 0.126 e. The zero-order chi connectivity index (χ0) is 13.4. The minimum atomic E-state index is -0.490. The third-order valence-electron chi connectivity index (χ3n) is 4.47. The van der Waals surface area contributed by atoms with E-state index in [-0.39, 0.29) is 6.04 Å². The molecule has 0 radical (unpaired) electrons. The second-order valence-electron chi connectivity index (χ2n) is 5.80. The first-order valence-corrected chi connectivity index (χ1v) is 7.08. The summed E-state index contributed by atoms with van der Waals surface area (Å²) in [5.74, 6) is -0.979. The Morgan fingerprint density at radius 1 is 1.11 bits per heavy atom. The third kappa shape index (κ3) is 2.79. The molecule has 2 bridgehead atoms. The summed E-state index contributed by atoms with van der Waals surface area (Å²) >= 11 is 0. The topological polar surface area (TPSA) is 15.3 Å². The van der Waals surface area contributed by atoms with Gasteiger partial charge in [0.1, 0.15) is 11.6 Å². The van der Waals surface area contributed by atoms with Gasteiger partial charge < -0.3 is 5.32 Å². The molecule has 104 valence electrons. The van der Waals surface area contributed by atoms with Crippen LogP contribution in [0.5, 0.6) is 0 Å². The van der Waals surface area contributed by atoms with Gasteiger partial charge >= 0.3 is 0 Å². The summed E-state index contributed by atoms with van der Waals surface area (Å²) in [6, 6.07) is 5.06. The number of nitrogens with one attached hydrogen (secondary N) is 1. The van der Waals surface area contributed by atoms with Gasteiger partial charge in [0.25, 0.3) is 0 Å². The summed E-state index contributed by atoms with van der Waals surface area (Å²) < 4.78 is 26.6. The molecule has 3 atom stereocenters. The van der Waals surface area contributed by atoms with Crippen LogP contribution in [-0.4, -0.2) is 30.1 Å². The van der Waals surface area contributed by atoms with Crippen molar-refractivity contribution in [3.8, 4) is 0 Å². The Balaban J connectivity index is 1.77. The number of nitrogens with zero attached hydrogens (tertiary/aromatic N) is 1. The van der Waals surface area contributed by atoms with Gasteiger partial charge in [-0.05, 0) is 43.9 Å². The predicted molar refractivity (Wildman–Crippen MR) is 70.9 cm³/mol. The van der Waals surface area contributed by atoms with E-state index in [0.29, 0.717) is 12.1 Å². The number of likely N-dealkylation sites (tertiary alicyclic amines) is 1. The van der Waals surface area contributed by atoms with Crippen molar-refractivity contribution in [1.82, 2.24) is 10.2 Å². The maximum absolute atomic E-state index is 13.3. The van der Waals surface area contributed by atoms with E-state index in [4.69, 9.17) is 0 Å². The van der Waals surface area contributed by atoms with Crippen molar-refractivity contribution in [2.75, 3.05) is 13.1 Å². The van der Waals surface area contributed by atoms with Crippen LogP contribution in [0.1, 0.15) is 37.8 Å². The van der Waals surface area contributed by atoms with Crippen molar-refractivity contribution in [3.05, 3.63) is 35.4 Å². The van der Waals surface area contributed by atoms with Crippen LogP contribution in [-0.2, 0) is 0 Å². The van der Waals surface area contributed by atoms with Crippen molar-refractivity contribution in [2.24, 2.45) is 0 Å². The average molecular weight is 266 g/mol. The third-order valence-corrected chi connectivity index (χ3v) is 4.47. The molecule has 1 N–H and O–H groups in total. The molecule has 2 fully saturated rings. The van der Waals surface area contributed by atoms with Gasteiger partial charge in [-0.25, -0.2) is 8.78 Å². The van der Waals surface area contributed by atoms with Crippen LogP contribution in [0.4, 0.5) is 8.78 Å². The molecular weight excluding hydrogens is 246 g/mol. The van der Waals surface area contributed by atoms with Gasteiger partial charge in [0.15, 0.2) is 0 Å². The number of fused-ring (bicyclic) bond motifs is 2. The zero-order valence-corrected chi connectivity index (χ0v) is 11.2. The lowest BCUT2D eigenvalue weighted by atomic mass is 10.0. The summed E-state index contributed by atoms with van der Waals surface area (Å²) in [6.45, 7) is 4.00. The van der Waals surface area contributed by atoms with Gasteiger partial charge in [-0.3, -0.25) is 4.90 Å². The highest BCUT2D eigenvalue weighted by Gasteiger charge is 2.31. The van der Waals surface area contributed by atoms with Crippen LogP contribution in [0.15, 0.2) is 18.2 Å². The van der Waals surface area contributed by atoms with E-state index in [1.807, 2.05) is 6.92 Å². The first-order chi connectivity index (χ1) is 9.11. The molecule has 2 saturated heterocycles. The normalized spacial score (nSPS) is 29.2. The van der Waals surface area contributed by atoms with Gasteiger partial charge in [0, 0.05) is 37.3 Å². The summed E-state index contributed by atoms with van der Waals surface area (Å²) in [7, 11) is 0. The second kappa shape index (κ2) is 5.17. The summed E-state index contributed by atoms with van der Waals surface area (Å²) in [5, 5.41) is 3.62. The van der Waals surface area contributed by atoms with Gasteiger partial charge in [-0.1, -0.05) is 0 Å². The Morgan fingerprint density at radius 3 is 2.53 bits per heavy atom. The van der Waals surface area contributed by atoms with E-state index in [2.05, 4.69) is 10.2 Å². The Kier molecular flexibility index (Phi) is 3.54. The lowest BCUT2D eigenvalue weighted by Crippen LogP contribution is -2.36. The minimum absolute atomic E-state index is 0.0614. The SMILES string of the molecule is CC(c1cc(F)cc(F)c1)N1CCC2CCC(C1)N2. The maximum atomic E-state index is 13.3. The molecule has 3 rings (SSSR count). The highest BCUT2D eigenvalue weighted by Crippen LogP contribution is 2.28. The number of hydrogen-bond acceptors (Lipinski definition) is 2. The predicted octanol–water partition coefficient (Wildman–Crippen LogP) is 2.85. The van der Waals surface area contributed by atoms with Crippen molar-refractivity contribution < 1.29 is 8.78 Å². The highest BCUT2D eigenvalue weighted by molar-refractivity contribution is 5.21. The molecule has 1 aromatic carbocycles. The largest absolute Gasteiger partial charge is 0.310 e. The van der Waals surface area contributed by atoms with E-state index >= 15 is 0 Å². The molecule has 0 aromatic heterocycles. The van der Waals surface area contributed by atoms with Crippen LogP contribution >= 0.6 is 0 Å². The van der Waals surface area contributed by atoms with Crippen LogP contribution in [0, 0.1) is 11.6 Å². The van der Waals surface area contributed by atoms with Gasteiger partial charge in [0.2, 0.25) is 0 Å². The maximum Gasteiger partial charge on any atom is 0.126 e. The standard InChI is InChI=1S/C15H20F2N2/c1-10(11-6-12(16)8-13(17)7-11)19-5-4-14-2-3-15(9-19)18-14/h6-8,10,14-15,18H,2-5,9H2,1H3. The molecule has 2 nitrogen and oxygen atoms in total. The first-order valence-electron chi connectivity index (χ1n) is 7.08. The Hall–Kier alpha value is -1.00. The molecule has 1 aromatic rings.